The Morgan fingerprint density at radius 1 is 0.926 bits per heavy atom. The van der Waals surface area contributed by atoms with Gasteiger partial charge in [-0.3, -0.25) is 19.1 Å². The van der Waals surface area contributed by atoms with Crippen molar-refractivity contribution in [2.24, 2.45) is 22.7 Å². The molecule has 4 atom stereocenters. The molecule has 0 radical (unpaired) electrons. The number of carbonyl (C=O) groups excluding carboxylic acids is 3. The normalized spacial score (nSPS) is 22.9. The van der Waals surface area contributed by atoms with Gasteiger partial charge in [-0.15, -0.1) is 21.5 Å². The largest absolute Gasteiger partial charge is 0.507 e. The van der Waals surface area contributed by atoms with E-state index in [9.17, 15) is 24.6 Å². The van der Waals surface area contributed by atoms with Crippen LogP contribution >= 0.6 is 11.3 Å². The predicted octanol–water partition coefficient (Wildman–Crippen LogP) is 7.32. The standard InChI is InChI=1S/C52H66N10O5S/c1-31(34-14-16-35(17-15-34)45-32(2)54-30-68-45)56-49(66)43-22-39(63)27-61(43)50(67)46(51(3,4)5)57-48(65)36-12-10-33(11-13-36)25-60-28-52(29-60)20-18-38(19-21-52)62-26-37(24-55-62)41-23-42(58-59-47(41)53)40-8-6-7-9-44(40)64/h6-9,14-17,23-24,26,30-31,33,36,38-39,43,46,63-64H,10-13,18-22,25,27-29H2,1-5H3,(H2,53,59)(H,56,66)(H,57,65)/t31-,33?,36?,39+,43-,46+/m0/s1. The molecule has 1 spiro atoms. The van der Waals surface area contributed by atoms with E-state index in [0.29, 0.717) is 34.4 Å². The monoisotopic (exact) mass is 942 g/mol. The lowest BCUT2D eigenvalue weighted by molar-refractivity contribution is -0.145. The van der Waals surface area contributed by atoms with Crippen molar-refractivity contribution >= 4 is 34.9 Å². The molecule has 4 fully saturated rings. The number of aromatic hydroxyl groups is 1. The molecule has 3 amide bonds. The maximum Gasteiger partial charge on any atom is 0.246 e. The number of hydrogen-bond donors (Lipinski definition) is 5. The van der Waals surface area contributed by atoms with Gasteiger partial charge in [-0.05, 0) is 111 Å². The first kappa shape index (κ1) is 47.4. The zero-order valence-electron chi connectivity index (χ0n) is 39.9. The summed E-state index contributed by atoms with van der Waals surface area (Å²) in [4.78, 5) is 51.6. The Bertz CT molecular complexity index is 2600. The fourth-order valence-electron chi connectivity index (χ4n) is 11.2. The van der Waals surface area contributed by atoms with Crippen molar-refractivity contribution in [2.75, 3.05) is 31.9 Å². The molecule has 9 rings (SSSR count). The van der Waals surface area contributed by atoms with E-state index >= 15 is 0 Å². The number of aliphatic hydroxyl groups excluding tert-OH is 1. The van der Waals surface area contributed by atoms with Crippen molar-refractivity contribution < 1.29 is 24.6 Å². The third kappa shape index (κ3) is 10.0. The van der Waals surface area contributed by atoms with Crippen LogP contribution in [0.1, 0.15) is 109 Å². The van der Waals surface area contributed by atoms with Crippen molar-refractivity contribution in [1.29, 1.82) is 0 Å². The molecule has 360 valence electrons. The second-order valence-electron chi connectivity index (χ2n) is 21.2. The fraction of sp³-hybridized carbons (Fsp3) is 0.519. The Hall–Kier alpha value is -5.71. The van der Waals surface area contributed by atoms with E-state index in [4.69, 9.17) is 10.8 Å². The lowest BCUT2D eigenvalue weighted by Crippen LogP contribution is -2.59. The molecule has 5 aromatic rings. The summed E-state index contributed by atoms with van der Waals surface area (Å²) < 4.78 is 2.08. The number of nitrogens with zero attached hydrogens (tertiary/aromatic N) is 7. The number of anilines is 1. The molecule has 68 heavy (non-hydrogen) atoms. The van der Waals surface area contributed by atoms with Gasteiger partial charge in [0.2, 0.25) is 17.7 Å². The SMILES string of the molecule is Cc1ncsc1-c1ccc([C@H](C)NC(=O)[C@@H]2C[C@@H](O)CN2C(=O)[C@@H](NC(=O)C2CCC(CN3CC4(CCC(n5cc(-c6cc(-c7ccccc7O)nnc6N)cn5)CC4)C3)CC2)C(C)(C)C)cc1. The summed E-state index contributed by atoms with van der Waals surface area (Å²) in [6.45, 7) is 13.0. The van der Waals surface area contributed by atoms with Crippen LogP contribution in [0.4, 0.5) is 5.82 Å². The lowest BCUT2D eigenvalue weighted by atomic mass is 9.67. The number of amides is 3. The second kappa shape index (κ2) is 19.4. The number of aryl methyl sites for hydroxylation is 1. The van der Waals surface area contributed by atoms with Gasteiger partial charge in [0.05, 0.1) is 46.2 Å². The summed E-state index contributed by atoms with van der Waals surface area (Å²) in [6, 6.07) is 15.3. The number of thiazole rings is 1. The summed E-state index contributed by atoms with van der Waals surface area (Å²) >= 11 is 1.59. The number of aliphatic hydroxyl groups is 1. The molecule has 3 aromatic heterocycles. The number of nitrogen functional groups attached to an aromatic ring is 1. The highest BCUT2D eigenvalue weighted by molar-refractivity contribution is 7.13. The number of phenols is 1. The lowest BCUT2D eigenvalue weighted by Gasteiger charge is -2.54. The molecule has 4 aliphatic rings. The minimum absolute atomic E-state index is 0.0384. The Morgan fingerprint density at radius 2 is 1.65 bits per heavy atom. The van der Waals surface area contributed by atoms with Gasteiger partial charge in [-0.2, -0.15) is 5.10 Å². The number of hydrogen-bond acceptors (Lipinski definition) is 12. The van der Waals surface area contributed by atoms with Crippen molar-refractivity contribution in [1.82, 2.24) is 45.4 Å². The maximum absolute atomic E-state index is 14.4. The molecule has 2 aliphatic heterocycles. The number of para-hydroxylation sites is 1. The van der Waals surface area contributed by atoms with E-state index in [0.717, 1.165) is 104 Å². The van der Waals surface area contributed by atoms with Gasteiger partial charge in [0.1, 0.15) is 17.8 Å². The number of carbonyl (C=O) groups is 3. The average Bonchev–Trinajstić information content (AvgIpc) is 4.08. The second-order valence-corrected chi connectivity index (χ2v) is 22.1. The van der Waals surface area contributed by atoms with Crippen LogP contribution in [0, 0.1) is 29.6 Å². The molecule has 0 bridgehead atoms. The molecule has 2 aliphatic carbocycles. The Balaban J connectivity index is 0.728. The number of nitrogens with two attached hydrogens (primary N) is 1. The van der Waals surface area contributed by atoms with Gasteiger partial charge in [0, 0.05) is 61.4 Å². The molecular weight excluding hydrogens is 877 g/mol. The van der Waals surface area contributed by atoms with Crippen molar-refractivity contribution in [3.63, 3.8) is 0 Å². The smallest absolute Gasteiger partial charge is 0.246 e. The van der Waals surface area contributed by atoms with Crippen LogP contribution in [0.15, 0.2) is 72.5 Å². The molecule has 6 N–H and O–H groups in total. The van der Waals surface area contributed by atoms with Crippen molar-refractivity contribution in [3.05, 3.63) is 83.8 Å². The van der Waals surface area contributed by atoms with Crippen LogP contribution in [0.25, 0.3) is 32.8 Å². The first-order valence-electron chi connectivity index (χ1n) is 24.3. The van der Waals surface area contributed by atoms with E-state index in [1.807, 2.05) is 82.7 Å². The highest BCUT2D eigenvalue weighted by atomic mass is 32.1. The van der Waals surface area contributed by atoms with E-state index in [2.05, 4.69) is 41.6 Å². The van der Waals surface area contributed by atoms with Gasteiger partial charge in [0.25, 0.3) is 0 Å². The summed E-state index contributed by atoms with van der Waals surface area (Å²) in [7, 11) is 0. The predicted molar refractivity (Wildman–Crippen MR) is 263 cm³/mol. The van der Waals surface area contributed by atoms with Crippen LogP contribution in [-0.4, -0.2) is 107 Å². The van der Waals surface area contributed by atoms with E-state index in [-0.39, 0.29) is 48.4 Å². The quantitative estimate of drug-likeness (QED) is 0.0838. The summed E-state index contributed by atoms with van der Waals surface area (Å²) in [5.74, 6) is 0.0552. The van der Waals surface area contributed by atoms with Crippen LogP contribution in [0.5, 0.6) is 5.75 Å². The number of benzene rings is 2. The number of phenolic OH excluding ortho intramolecular Hbond substituents is 1. The first-order valence-corrected chi connectivity index (χ1v) is 25.2. The minimum Gasteiger partial charge on any atom is -0.507 e. The zero-order valence-corrected chi connectivity index (χ0v) is 40.7. The molecule has 2 saturated carbocycles. The third-order valence-corrected chi connectivity index (χ3v) is 16.2. The summed E-state index contributed by atoms with van der Waals surface area (Å²) in [5.41, 5.74) is 13.6. The van der Waals surface area contributed by atoms with E-state index < -0.39 is 23.6 Å². The number of rotatable bonds is 12. The summed E-state index contributed by atoms with van der Waals surface area (Å²) in [6.07, 6.45) is 11.1. The molecular formula is C52H66N10O5S. The molecule has 2 saturated heterocycles. The van der Waals surface area contributed by atoms with Gasteiger partial charge in [-0.25, -0.2) is 4.98 Å². The van der Waals surface area contributed by atoms with Crippen molar-refractivity contribution in [2.45, 2.75) is 123 Å². The number of β-amino-alcohol motifs (C(OH)–C–C–N with tert-alkyl or cyclic N) is 1. The Kier molecular flexibility index (Phi) is 13.5. The average molecular weight is 943 g/mol. The highest BCUT2D eigenvalue weighted by Gasteiger charge is 2.47. The van der Waals surface area contributed by atoms with E-state index in [1.54, 1.807) is 29.5 Å². The topological polar surface area (TPSA) is 205 Å². The summed E-state index contributed by atoms with van der Waals surface area (Å²) in [5, 5.41) is 40.5. The zero-order chi connectivity index (χ0) is 47.9. The van der Waals surface area contributed by atoms with Gasteiger partial charge < -0.3 is 36.4 Å². The minimum atomic E-state index is -0.849. The molecule has 5 heterocycles. The molecule has 0 unspecified atom stereocenters. The Labute approximate surface area is 402 Å². The van der Waals surface area contributed by atoms with E-state index in [1.165, 1.54) is 4.90 Å². The number of aromatic nitrogens is 5. The highest BCUT2D eigenvalue weighted by Crippen LogP contribution is 2.48. The molecule has 16 heteroatoms. The van der Waals surface area contributed by atoms with Crippen molar-refractivity contribution in [3.8, 4) is 38.6 Å². The van der Waals surface area contributed by atoms with Crippen LogP contribution in [0.2, 0.25) is 0 Å². The first-order chi connectivity index (χ1) is 32.5. The number of likely N-dealkylation sites (tertiary alicyclic amines) is 2. The van der Waals surface area contributed by atoms with Crippen LogP contribution in [-0.2, 0) is 14.4 Å². The fourth-order valence-corrected chi connectivity index (χ4v) is 12.0. The molecule has 2 aromatic carbocycles. The van der Waals surface area contributed by atoms with Gasteiger partial charge in [-0.1, -0.05) is 57.2 Å². The van der Waals surface area contributed by atoms with Gasteiger partial charge >= 0.3 is 0 Å². The van der Waals surface area contributed by atoms with Crippen LogP contribution < -0.4 is 16.4 Å². The third-order valence-electron chi connectivity index (χ3n) is 15.2. The van der Waals surface area contributed by atoms with Gasteiger partial charge in [0.15, 0.2) is 5.82 Å². The van der Waals surface area contributed by atoms with Crippen LogP contribution in [0.3, 0.4) is 0 Å². The Morgan fingerprint density at radius 3 is 2.32 bits per heavy atom. The maximum atomic E-state index is 14.4. The number of nitrogens with one attached hydrogen (secondary N) is 2. The molecule has 15 nitrogen and oxygen atoms in total.